The number of carbonyl (C=O) groups excluding carboxylic acids is 2. The van der Waals surface area contributed by atoms with Crippen LogP contribution in [0.25, 0.3) is 16.9 Å². The zero-order valence-electron chi connectivity index (χ0n) is 17.4. The van der Waals surface area contributed by atoms with Crippen LogP contribution in [0.1, 0.15) is 17.3 Å². The minimum atomic E-state index is -0.609. The first-order valence-electron chi connectivity index (χ1n) is 9.86. The fourth-order valence-electron chi connectivity index (χ4n) is 3.34. The molecule has 0 saturated carbocycles. The van der Waals surface area contributed by atoms with E-state index in [2.05, 4.69) is 20.0 Å². The zero-order valence-corrected chi connectivity index (χ0v) is 17.4. The van der Waals surface area contributed by atoms with E-state index in [4.69, 9.17) is 0 Å². The van der Waals surface area contributed by atoms with Crippen LogP contribution in [0, 0.1) is 5.82 Å². The van der Waals surface area contributed by atoms with Gasteiger partial charge < -0.3 is 9.64 Å². The molecule has 4 rings (SSSR count). The van der Waals surface area contributed by atoms with Gasteiger partial charge in [-0.1, -0.05) is 6.07 Å². The van der Waals surface area contributed by atoms with Crippen LogP contribution in [0.3, 0.4) is 0 Å². The number of hydrogen-bond donors (Lipinski definition) is 1. The number of nitrogens with zero attached hydrogens (tertiary/aromatic N) is 4. The Balaban J connectivity index is 1.67. The number of rotatable bonds is 5. The van der Waals surface area contributed by atoms with Crippen molar-refractivity contribution >= 4 is 29.2 Å². The molecule has 3 aromatic heterocycles. The number of benzene rings is 1. The topological polar surface area (TPSA) is 88.8 Å². The Morgan fingerprint density at radius 3 is 2.66 bits per heavy atom. The van der Waals surface area contributed by atoms with E-state index in [1.54, 1.807) is 59.4 Å². The molecular weight excluding hydrogens is 413 g/mol. The lowest BCUT2D eigenvalue weighted by Gasteiger charge is -2.21. The molecule has 0 aliphatic rings. The fourth-order valence-corrected chi connectivity index (χ4v) is 3.34. The molecular formula is C23H20FN5O3. The standard InChI is InChI=1S/C23H20FN5O3/c1-3-28(18-6-4-5-17(24)11-18)22(30)16-8-10-21-26-13-19(29(21)14-16)15-7-9-20(25-12-15)27-23(31)32-2/h4-14H,3H2,1-2H3,(H,25,27,31). The molecule has 32 heavy (non-hydrogen) atoms. The highest BCUT2D eigenvalue weighted by Gasteiger charge is 2.18. The quantitative estimate of drug-likeness (QED) is 0.505. The van der Waals surface area contributed by atoms with Crippen LogP contribution in [0.5, 0.6) is 0 Å². The van der Waals surface area contributed by atoms with Gasteiger partial charge in [0, 0.05) is 30.2 Å². The van der Waals surface area contributed by atoms with Crippen molar-refractivity contribution in [2.75, 3.05) is 23.9 Å². The highest BCUT2D eigenvalue weighted by atomic mass is 19.1. The van der Waals surface area contributed by atoms with Crippen molar-refractivity contribution in [1.82, 2.24) is 14.4 Å². The number of imidazole rings is 1. The number of halogens is 1. The summed E-state index contributed by atoms with van der Waals surface area (Å²) in [5.74, 6) is -0.312. The van der Waals surface area contributed by atoms with E-state index < -0.39 is 11.9 Å². The summed E-state index contributed by atoms with van der Waals surface area (Å²) in [4.78, 5) is 34.6. The Bertz CT molecular complexity index is 1290. The van der Waals surface area contributed by atoms with E-state index >= 15 is 0 Å². The number of aromatic nitrogens is 3. The van der Waals surface area contributed by atoms with E-state index in [1.165, 1.54) is 24.1 Å². The zero-order chi connectivity index (χ0) is 22.7. The van der Waals surface area contributed by atoms with E-state index in [0.717, 1.165) is 11.3 Å². The molecule has 9 heteroatoms. The van der Waals surface area contributed by atoms with Gasteiger partial charge in [0.05, 0.1) is 24.6 Å². The molecule has 3 heterocycles. The summed E-state index contributed by atoms with van der Waals surface area (Å²) in [5, 5.41) is 2.49. The lowest BCUT2D eigenvalue weighted by molar-refractivity contribution is 0.0988. The minimum absolute atomic E-state index is 0.254. The normalized spacial score (nSPS) is 10.7. The number of methoxy groups -OCH3 is 1. The van der Waals surface area contributed by atoms with Crippen LogP contribution < -0.4 is 10.2 Å². The van der Waals surface area contributed by atoms with Crippen LogP contribution in [0.4, 0.5) is 20.7 Å². The SMILES string of the molecule is CCN(C(=O)c1ccc2ncc(-c3ccc(NC(=O)OC)nc3)n2c1)c1cccc(F)c1. The molecule has 0 aliphatic heterocycles. The summed E-state index contributed by atoms with van der Waals surface area (Å²) in [5.41, 5.74) is 3.04. The van der Waals surface area contributed by atoms with Gasteiger partial charge in [0.25, 0.3) is 5.91 Å². The lowest BCUT2D eigenvalue weighted by Crippen LogP contribution is -2.30. The minimum Gasteiger partial charge on any atom is -0.453 e. The molecule has 0 radical (unpaired) electrons. The van der Waals surface area contributed by atoms with Crippen LogP contribution >= 0.6 is 0 Å². The first kappa shape index (κ1) is 21.0. The third-order valence-electron chi connectivity index (χ3n) is 4.91. The highest BCUT2D eigenvalue weighted by Crippen LogP contribution is 2.23. The first-order valence-corrected chi connectivity index (χ1v) is 9.86. The average Bonchev–Trinajstić information content (AvgIpc) is 3.23. The van der Waals surface area contributed by atoms with Crippen molar-refractivity contribution in [3.05, 3.63) is 78.5 Å². The number of fused-ring (bicyclic) bond motifs is 1. The summed E-state index contributed by atoms with van der Waals surface area (Å²) >= 11 is 0. The van der Waals surface area contributed by atoms with Crippen molar-refractivity contribution in [2.24, 2.45) is 0 Å². The van der Waals surface area contributed by atoms with Gasteiger partial charge in [0.1, 0.15) is 17.3 Å². The number of anilines is 2. The second kappa shape index (κ2) is 8.84. The van der Waals surface area contributed by atoms with Gasteiger partial charge in [-0.3, -0.25) is 14.5 Å². The third kappa shape index (κ3) is 4.13. The van der Waals surface area contributed by atoms with Gasteiger partial charge in [-0.2, -0.15) is 0 Å². The summed E-state index contributed by atoms with van der Waals surface area (Å²) in [6.07, 6.45) is 4.36. The Morgan fingerprint density at radius 1 is 1.12 bits per heavy atom. The van der Waals surface area contributed by atoms with Crippen LogP contribution in [0.15, 0.2) is 67.1 Å². The fraction of sp³-hybridized carbons (Fsp3) is 0.130. The Kier molecular flexibility index (Phi) is 5.80. The molecule has 0 fully saturated rings. The van der Waals surface area contributed by atoms with Gasteiger partial charge >= 0.3 is 6.09 Å². The number of amides is 2. The van der Waals surface area contributed by atoms with Crippen molar-refractivity contribution in [3.63, 3.8) is 0 Å². The third-order valence-corrected chi connectivity index (χ3v) is 4.91. The largest absolute Gasteiger partial charge is 0.453 e. The Labute approximate surface area is 183 Å². The molecule has 0 unspecified atom stereocenters. The number of hydrogen-bond acceptors (Lipinski definition) is 5. The van der Waals surface area contributed by atoms with Crippen molar-refractivity contribution in [2.45, 2.75) is 6.92 Å². The van der Waals surface area contributed by atoms with Gasteiger partial charge in [-0.25, -0.2) is 19.2 Å². The first-order chi connectivity index (χ1) is 15.5. The average molecular weight is 433 g/mol. The molecule has 1 aromatic carbocycles. The molecule has 1 N–H and O–H groups in total. The van der Waals surface area contributed by atoms with E-state index in [9.17, 15) is 14.0 Å². The Hall–Kier alpha value is -4.27. The molecule has 8 nitrogen and oxygen atoms in total. The predicted molar refractivity (Wildman–Crippen MR) is 118 cm³/mol. The molecule has 162 valence electrons. The summed E-state index contributed by atoms with van der Waals surface area (Å²) in [7, 11) is 1.27. The maximum atomic E-state index is 13.7. The van der Waals surface area contributed by atoms with Gasteiger partial charge in [0.15, 0.2) is 0 Å². The van der Waals surface area contributed by atoms with E-state index in [0.29, 0.717) is 29.3 Å². The summed E-state index contributed by atoms with van der Waals surface area (Å²) in [6.45, 7) is 2.22. The van der Waals surface area contributed by atoms with Crippen molar-refractivity contribution in [1.29, 1.82) is 0 Å². The molecule has 0 spiro atoms. The predicted octanol–water partition coefficient (Wildman–Crippen LogP) is 4.38. The number of ether oxygens (including phenoxy) is 1. The monoisotopic (exact) mass is 433 g/mol. The molecule has 0 aliphatic carbocycles. The second-order valence-electron chi connectivity index (χ2n) is 6.87. The summed E-state index contributed by atoms with van der Waals surface area (Å²) in [6, 6.07) is 12.8. The number of carbonyl (C=O) groups is 2. The molecule has 0 bridgehead atoms. The van der Waals surface area contributed by atoms with Crippen LogP contribution in [-0.4, -0.2) is 40.0 Å². The van der Waals surface area contributed by atoms with Gasteiger partial charge in [-0.05, 0) is 49.4 Å². The van der Waals surface area contributed by atoms with Gasteiger partial charge in [-0.15, -0.1) is 0 Å². The number of nitrogens with one attached hydrogen (secondary N) is 1. The lowest BCUT2D eigenvalue weighted by atomic mass is 10.2. The number of pyridine rings is 2. The second-order valence-corrected chi connectivity index (χ2v) is 6.87. The van der Waals surface area contributed by atoms with E-state index in [1.807, 2.05) is 6.92 Å². The van der Waals surface area contributed by atoms with Crippen LogP contribution in [0.2, 0.25) is 0 Å². The van der Waals surface area contributed by atoms with Crippen molar-refractivity contribution in [3.8, 4) is 11.3 Å². The molecule has 0 atom stereocenters. The van der Waals surface area contributed by atoms with Crippen molar-refractivity contribution < 1.29 is 18.7 Å². The summed E-state index contributed by atoms with van der Waals surface area (Å²) < 4.78 is 20.0. The highest BCUT2D eigenvalue weighted by molar-refractivity contribution is 6.06. The van der Waals surface area contributed by atoms with Gasteiger partial charge in [0.2, 0.25) is 0 Å². The molecule has 2 amide bonds. The van der Waals surface area contributed by atoms with E-state index in [-0.39, 0.29) is 5.91 Å². The molecule has 4 aromatic rings. The maximum Gasteiger partial charge on any atom is 0.412 e. The smallest absolute Gasteiger partial charge is 0.412 e. The maximum absolute atomic E-state index is 13.7. The Morgan fingerprint density at radius 2 is 1.97 bits per heavy atom. The molecule has 0 saturated heterocycles. The van der Waals surface area contributed by atoms with Crippen LogP contribution in [-0.2, 0) is 4.74 Å².